The van der Waals surface area contributed by atoms with Crippen LogP contribution in [-0.4, -0.2) is 17.6 Å². The summed E-state index contributed by atoms with van der Waals surface area (Å²) in [6.45, 7) is 3.91. The van der Waals surface area contributed by atoms with Crippen molar-refractivity contribution >= 4 is 23.3 Å². The fourth-order valence-electron chi connectivity index (χ4n) is 2.21. The normalized spacial score (nSPS) is 18.5. The Hall–Kier alpha value is -2.88. The number of guanidine groups is 1. The predicted molar refractivity (Wildman–Crippen MR) is 79.7 cm³/mol. The molecular weight excluding hydrogens is 268 g/mol. The van der Waals surface area contributed by atoms with Crippen LogP contribution < -0.4 is 16.5 Å². The van der Waals surface area contributed by atoms with Gasteiger partial charge in [0.2, 0.25) is 11.9 Å². The molecule has 0 fully saturated rings. The first-order chi connectivity index (χ1) is 10.0. The molecule has 0 aromatic heterocycles. The van der Waals surface area contributed by atoms with Gasteiger partial charge in [0.1, 0.15) is 0 Å². The number of hydrogen-bond donors (Lipinski definition) is 3. The summed E-state index contributed by atoms with van der Waals surface area (Å²) >= 11 is 0. The molecule has 1 amide bonds. The summed E-state index contributed by atoms with van der Waals surface area (Å²) in [7, 11) is 0. The lowest BCUT2D eigenvalue weighted by molar-refractivity contribution is -0.121. The Balaban J connectivity index is 2.30. The summed E-state index contributed by atoms with van der Waals surface area (Å²) in [5.74, 6) is 0.0397. The predicted octanol–water partition coefficient (Wildman–Crippen LogP) is 0.872. The number of nitrogens with zero attached hydrogens (tertiary/aromatic N) is 3. The SMILES string of the molecule is Cc1cc(N=C(N)NC#N)ccc1C1=NNC(=O)CC1C. The van der Waals surface area contributed by atoms with Gasteiger partial charge in [-0.3, -0.25) is 10.1 Å². The number of carbonyl (C=O) groups excluding carboxylic acids is 1. The van der Waals surface area contributed by atoms with Crippen LogP contribution in [0.5, 0.6) is 0 Å². The Kier molecular flexibility index (Phi) is 4.18. The minimum atomic E-state index is -0.0690. The van der Waals surface area contributed by atoms with Gasteiger partial charge in [0.25, 0.3) is 0 Å². The molecule has 1 heterocycles. The van der Waals surface area contributed by atoms with Crippen molar-refractivity contribution in [2.45, 2.75) is 20.3 Å². The van der Waals surface area contributed by atoms with Gasteiger partial charge < -0.3 is 5.73 Å². The van der Waals surface area contributed by atoms with E-state index < -0.39 is 0 Å². The first-order valence-electron chi connectivity index (χ1n) is 6.48. The van der Waals surface area contributed by atoms with Crippen molar-refractivity contribution in [1.29, 1.82) is 5.26 Å². The molecule has 0 radical (unpaired) electrons. The highest BCUT2D eigenvalue weighted by Crippen LogP contribution is 2.23. The number of nitriles is 1. The molecule has 7 nitrogen and oxygen atoms in total. The minimum absolute atomic E-state index is 0.0419. The van der Waals surface area contributed by atoms with Crippen molar-refractivity contribution in [2.75, 3.05) is 0 Å². The van der Waals surface area contributed by atoms with E-state index in [1.165, 1.54) is 0 Å². The highest BCUT2D eigenvalue weighted by Gasteiger charge is 2.22. The maximum absolute atomic E-state index is 11.3. The van der Waals surface area contributed by atoms with Crippen LogP contribution in [0.25, 0.3) is 0 Å². The molecular formula is C14H16N6O. The standard InChI is InChI=1S/C14H16N6O/c1-8-5-10(18-14(16)17-7-15)3-4-11(8)13-9(2)6-12(21)19-20-13/h3-5,9H,6H2,1-2H3,(H,19,21)(H3,16,17,18). The molecule has 1 aromatic carbocycles. The molecule has 1 aliphatic heterocycles. The third kappa shape index (κ3) is 3.36. The van der Waals surface area contributed by atoms with E-state index in [2.05, 4.69) is 20.8 Å². The van der Waals surface area contributed by atoms with Crippen molar-refractivity contribution < 1.29 is 4.79 Å². The van der Waals surface area contributed by atoms with E-state index in [4.69, 9.17) is 11.0 Å². The second kappa shape index (κ2) is 6.05. The second-order valence-electron chi connectivity index (χ2n) is 4.87. The van der Waals surface area contributed by atoms with Gasteiger partial charge >= 0.3 is 0 Å². The molecule has 2 rings (SSSR count). The van der Waals surface area contributed by atoms with Crippen LogP contribution in [-0.2, 0) is 4.79 Å². The van der Waals surface area contributed by atoms with Gasteiger partial charge in [-0.2, -0.15) is 10.4 Å². The van der Waals surface area contributed by atoms with E-state index in [0.29, 0.717) is 12.1 Å². The molecule has 0 bridgehead atoms. The third-order valence-electron chi connectivity index (χ3n) is 3.18. The van der Waals surface area contributed by atoms with Gasteiger partial charge in [0.15, 0.2) is 6.19 Å². The average Bonchev–Trinajstić information content (AvgIpc) is 2.40. The Morgan fingerprint density at radius 1 is 1.62 bits per heavy atom. The monoisotopic (exact) mass is 284 g/mol. The zero-order valence-electron chi connectivity index (χ0n) is 11.8. The fourth-order valence-corrected chi connectivity index (χ4v) is 2.21. The lowest BCUT2D eigenvalue weighted by Gasteiger charge is -2.20. The Labute approximate surface area is 122 Å². The minimum Gasteiger partial charge on any atom is -0.369 e. The molecule has 108 valence electrons. The fraction of sp³-hybridized carbons (Fsp3) is 0.286. The van der Waals surface area contributed by atoms with Gasteiger partial charge in [-0.15, -0.1) is 0 Å². The maximum Gasteiger partial charge on any atom is 0.240 e. The number of carbonyl (C=O) groups is 1. The molecule has 0 spiro atoms. The van der Waals surface area contributed by atoms with Gasteiger partial charge in [-0.25, -0.2) is 10.4 Å². The summed E-state index contributed by atoms with van der Waals surface area (Å²) < 4.78 is 0. The number of rotatable bonds is 2. The number of hydrazone groups is 1. The van der Waals surface area contributed by atoms with Crippen LogP contribution in [0, 0.1) is 24.3 Å². The lowest BCUT2D eigenvalue weighted by atomic mass is 9.91. The highest BCUT2D eigenvalue weighted by atomic mass is 16.2. The number of aryl methyl sites for hydroxylation is 1. The largest absolute Gasteiger partial charge is 0.369 e. The van der Waals surface area contributed by atoms with Crippen LogP contribution in [0.2, 0.25) is 0 Å². The molecule has 1 aromatic rings. The molecule has 21 heavy (non-hydrogen) atoms. The first-order valence-corrected chi connectivity index (χ1v) is 6.48. The molecule has 0 aliphatic carbocycles. The zero-order valence-corrected chi connectivity index (χ0v) is 11.8. The molecule has 0 saturated heterocycles. The van der Waals surface area contributed by atoms with E-state index in [-0.39, 0.29) is 17.8 Å². The molecule has 1 aliphatic rings. The van der Waals surface area contributed by atoms with Crippen LogP contribution >= 0.6 is 0 Å². The van der Waals surface area contributed by atoms with Crippen molar-refractivity contribution in [3.8, 4) is 6.19 Å². The van der Waals surface area contributed by atoms with Gasteiger partial charge in [-0.1, -0.05) is 13.0 Å². The van der Waals surface area contributed by atoms with Gasteiger partial charge in [0.05, 0.1) is 11.4 Å². The van der Waals surface area contributed by atoms with Crippen LogP contribution in [0.3, 0.4) is 0 Å². The Morgan fingerprint density at radius 2 is 2.38 bits per heavy atom. The topological polar surface area (TPSA) is 116 Å². The average molecular weight is 284 g/mol. The molecule has 7 heteroatoms. The van der Waals surface area contributed by atoms with E-state index >= 15 is 0 Å². The number of benzene rings is 1. The highest BCUT2D eigenvalue weighted by molar-refractivity contribution is 6.06. The Bertz CT molecular complexity index is 671. The summed E-state index contributed by atoms with van der Waals surface area (Å²) in [4.78, 5) is 15.4. The van der Waals surface area contributed by atoms with Crippen LogP contribution in [0.4, 0.5) is 5.69 Å². The number of hydrogen-bond acceptors (Lipinski definition) is 4. The van der Waals surface area contributed by atoms with E-state index in [0.717, 1.165) is 16.8 Å². The molecule has 4 N–H and O–H groups in total. The summed E-state index contributed by atoms with van der Waals surface area (Å²) in [5, 5.41) is 14.9. The van der Waals surface area contributed by atoms with E-state index in [9.17, 15) is 4.79 Å². The van der Waals surface area contributed by atoms with Crippen molar-refractivity contribution in [2.24, 2.45) is 21.7 Å². The summed E-state index contributed by atoms with van der Waals surface area (Å²) in [6, 6.07) is 5.54. The van der Waals surface area contributed by atoms with Crippen molar-refractivity contribution in [1.82, 2.24) is 10.7 Å². The molecule has 1 atom stereocenters. The van der Waals surface area contributed by atoms with E-state index in [1.807, 2.05) is 26.0 Å². The van der Waals surface area contributed by atoms with Crippen molar-refractivity contribution in [3.05, 3.63) is 29.3 Å². The zero-order chi connectivity index (χ0) is 15.4. The number of nitrogens with two attached hydrogens (primary N) is 1. The smallest absolute Gasteiger partial charge is 0.240 e. The van der Waals surface area contributed by atoms with Crippen molar-refractivity contribution in [3.63, 3.8) is 0 Å². The van der Waals surface area contributed by atoms with Crippen LogP contribution in [0.15, 0.2) is 28.3 Å². The maximum atomic E-state index is 11.3. The number of amides is 1. The molecule has 0 saturated carbocycles. The summed E-state index contributed by atoms with van der Waals surface area (Å²) in [6.07, 6.45) is 2.14. The number of aliphatic imine (C=N–C) groups is 1. The second-order valence-corrected chi connectivity index (χ2v) is 4.87. The number of nitrogens with one attached hydrogen (secondary N) is 2. The van der Waals surface area contributed by atoms with Gasteiger partial charge in [-0.05, 0) is 24.6 Å². The quantitative estimate of drug-likeness (QED) is 0.323. The lowest BCUT2D eigenvalue weighted by Crippen LogP contribution is -2.32. The molecule has 1 unspecified atom stereocenters. The van der Waals surface area contributed by atoms with Crippen LogP contribution in [0.1, 0.15) is 24.5 Å². The third-order valence-corrected chi connectivity index (χ3v) is 3.18. The Morgan fingerprint density at radius 3 is 3.00 bits per heavy atom. The first kappa shape index (κ1) is 14.5. The summed E-state index contributed by atoms with van der Waals surface area (Å²) in [5.41, 5.74) is 11.5. The van der Waals surface area contributed by atoms with E-state index in [1.54, 1.807) is 12.3 Å². The van der Waals surface area contributed by atoms with Gasteiger partial charge in [0, 0.05) is 17.9 Å².